The van der Waals surface area contributed by atoms with Gasteiger partial charge in [0.2, 0.25) is 0 Å². The molecule has 0 bridgehead atoms. The average Bonchev–Trinajstić information content (AvgIpc) is 2.40. The van der Waals surface area contributed by atoms with Crippen molar-refractivity contribution < 1.29 is 8.42 Å². The minimum atomic E-state index is -3.59. The predicted molar refractivity (Wildman–Crippen MR) is 75.5 cm³/mol. The second-order valence-corrected chi connectivity index (χ2v) is 5.74. The lowest BCUT2D eigenvalue weighted by molar-refractivity contribution is 0.584. The number of sulfonamides is 1. The molecule has 4 nitrogen and oxygen atoms in total. The third-order valence-corrected chi connectivity index (χ3v) is 3.72. The highest BCUT2D eigenvalue weighted by atomic mass is 32.2. The fraction of sp³-hybridized carbons (Fsp3) is 0.0714. The molecule has 0 unspecified atom stereocenters. The maximum Gasteiger partial charge on any atom is 0.276 e. The van der Waals surface area contributed by atoms with Gasteiger partial charge in [0.05, 0.1) is 11.1 Å². The van der Waals surface area contributed by atoms with Crippen molar-refractivity contribution in [2.75, 3.05) is 0 Å². The normalized spacial score (nSPS) is 11.6. The summed E-state index contributed by atoms with van der Waals surface area (Å²) in [5, 5.41) is 3.77. The van der Waals surface area contributed by atoms with E-state index in [1.54, 1.807) is 18.2 Å². The molecule has 2 rings (SSSR count). The Bertz CT molecular complexity index is 680. The summed E-state index contributed by atoms with van der Waals surface area (Å²) in [7, 11) is -3.59. The van der Waals surface area contributed by atoms with E-state index < -0.39 is 10.0 Å². The number of hydrogen-bond donors (Lipinski definition) is 1. The van der Waals surface area contributed by atoms with Gasteiger partial charge in [-0.05, 0) is 24.6 Å². The van der Waals surface area contributed by atoms with E-state index in [1.807, 2.05) is 31.2 Å². The van der Waals surface area contributed by atoms with Crippen LogP contribution in [0, 0.1) is 6.92 Å². The molecule has 0 fully saturated rings. The quantitative estimate of drug-likeness (QED) is 0.687. The molecule has 0 saturated heterocycles. The van der Waals surface area contributed by atoms with Crippen LogP contribution in [0.1, 0.15) is 11.1 Å². The van der Waals surface area contributed by atoms with Gasteiger partial charge in [0.25, 0.3) is 10.0 Å². The monoisotopic (exact) mass is 274 g/mol. The van der Waals surface area contributed by atoms with Gasteiger partial charge in [0, 0.05) is 0 Å². The van der Waals surface area contributed by atoms with Gasteiger partial charge in [-0.1, -0.05) is 48.0 Å². The van der Waals surface area contributed by atoms with E-state index in [9.17, 15) is 8.42 Å². The van der Waals surface area contributed by atoms with Gasteiger partial charge >= 0.3 is 0 Å². The lowest BCUT2D eigenvalue weighted by Crippen LogP contribution is -2.18. The number of nitrogens with one attached hydrogen (secondary N) is 1. The van der Waals surface area contributed by atoms with Gasteiger partial charge in [-0.3, -0.25) is 0 Å². The number of hydrogen-bond acceptors (Lipinski definition) is 3. The number of benzene rings is 2. The predicted octanol–water partition coefficient (Wildman–Crippen LogP) is 2.31. The molecule has 0 aliphatic carbocycles. The second-order valence-electron chi connectivity index (χ2n) is 4.08. The number of aryl methyl sites for hydroxylation is 1. The minimum absolute atomic E-state index is 0.191. The summed E-state index contributed by atoms with van der Waals surface area (Å²) in [6.45, 7) is 1.96. The highest BCUT2D eigenvalue weighted by Crippen LogP contribution is 2.07. The molecule has 2 aromatic carbocycles. The summed E-state index contributed by atoms with van der Waals surface area (Å²) in [6.07, 6.45) is 1.48. The third-order valence-electron chi connectivity index (χ3n) is 2.48. The third kappa shape index (κ3) is 3.66. The smallest absolute Gasteiger partial charge is 0.200 e. The Morgan fingerprint density at radius 3 is 2.47 bits per heavy atom. The van der Waals surface area contributed by atoms with Crippen LogP contribution in [0.4, 0.5) is 0 Å². The van der Waals surface area contributed by atoms with Crippen molar-refractivity contribution in [3.63, 3.8) is 0 Å². The van der Waals surface area contributed by atoms with E-state index in [4.69, 9.17) is 0 Å². The molecule has 0 aliphatic rings. The molecule has 5 heteroatoms. The molecule has 0 aromatic heterocycles. The fourth-order valence-electron chi connectivity index (χ4n) is 1.57. The number of hydrazone groups is 1. The van der Waals surface area contributed by atoms with Crippen molar-refractivity contribution in [3.8, 4) is 0 Å². The van der Waals surface area contributed by atoms with Gasteiger partial charge in [-0.25, -0.2) is 4.83 Å². The van der Waals surface area contributed by atoms with Crippen LogP contribution in [-0.4, -0.2) is 14.6 Å². The van der Waals surface area contributed by atoms with Gasteiger partial charge in [0.15, 0.2) is 0 Å². The first-order valence-electron chi connectivity index (χ1n) is 5.74. The zero-order chi connectivity index (χ0) is 13.7. The van der Waals surface area contributed by atoms with Gasteiger partial charge in [-0.15, -0.1) is 0 Å². The molecule has 0 radical (unpaired) electrons. The summed E-state index contributed by atoms with van der Waals surface area (Å²) >= 11 is 0. The van der Waals surface area contributed by atoms with E-state index in [1.165, 1.54) is 18.3 Å². The Morgan fingerprint density at radius 2 is 1.79 bits per heavy atom. The molecule has 0 spiro atoms. The largest absolute Gasteiger partial charge is 0.276 e. The van der Waals surface area contributed by atoms with E-state index in [0.29, 0.717) is 0 Å². The lowest BCUT2D eigenvalue weighted by atomic mass is 10.2. The average molecular weight is 274 g/mol. The summed E-state index contributed by atoms with van der Waals surface area (Å²) in [6, 6.07) is 15.8. The van der Waals surface area contributed by atoms with Crippen molar-refractivity contribution in [1.82, 2.24) is 4.83 Å². The maximum absolute atomic E-state index is 11.9. The molecule has 98 valence electrons. The Kier molecular flexibility index (Phi) is 3.97. The van der Waals surface area contributed by atoms with Gasteiger partial charge in [0.1, 0.15) is 0 Å². The molecular weight excluding hydrogens is 260 g/mol. The second kappa shape index (κ2) is 5.67. The molecule has 0 amide bonds. The van der Waals surface area contributed by atoms with Gasteiger partial charge in [-0.2, -0.15) is 13.5 Å². The van der Waals surface area contributed by atoms with E-state index in [-0.39, 0.29) is 4.90 Å². The van der Waals surface area contributed by atoms with Crippen molar-refractivity contribution in [2.45, 2.75) is 11.8 Å². The number of rotatable bonds is 4. The van der Waals surface area contributed by atoms with Crippen molar-refractivity contribution >= 4 is 16.2 Å². The van der Waals surface area contributed by atoms with E-state index >= 15 is 0 Å². The topological polar surface area (TPSA) is 58.5 Å². The summed E-state index contributed by atoms with van der Waals surface area (Å²) in [5.74, 6) is 0. The van der Waals surface area contributed by atoms with Crippen molar-refractivity contribution in [1.29, 1.82) is 0 Å². The zero-order valence-corrected chi connectivity index (χ0v) is 11.3. The Hall–Kier alpha value is -2.14. The molecular formula is C14H14N2O2S. The van der Waals surface area contributed by atoms with Crippen LogP contribution >= 0.6 is 0 Å². The molecule has 1 N–H and O–H groups in total. The van der Waals surface area contributed by atoms with Crippen LogP contribution < -0.4 is 4.83 Å². The highest BCUT2D eigenvalue weighted by molar-refractivity contribution is 7.89. The molecule has 0 saturated carbocycles. The van der Waals surface area contributed by atoms with Crippen LogP contribution in [0.3, 0.4) is 0 Å². The summed E-state index contributed by atoms with van der Waals surface area (Å²) in [4.78, 5) is 2.38. The van der Waals surface area contributed by atoms with Gasteiger partial charge < -0.3 is 0 Å². The number of nitrogens with zero attached hydrogens (tertiary/aromatic N) is 1. The summed E-state index contributed by atoms with van der Waals surface area (Å²) < 4.78 is 23.7. The van der Waals surface area contributed by atoms with E-state index in [2.05, 4.69) is 9.93 Å². The Balaban J connectivity index is 2.10. The molecule has 0 aliphatic heterocycles. The molecule has 0 heterocycles. The van der Waals surface area contributed by atoms with Crippen LogP contribution in [0.5, 0.6) is 0 Å². The highest BCUT2D eigenvalue weighted by Gasteiger charge is 2.10. The van der Waals surface area contributed by atoms with Crippen LogP contribution in [-0.2, 0) is 10.0 Å². The van der Waals surface area contributed by atoms with Crippen LogP contribution in [0.15, 0.2) is 64.6 Å². The zero-order valence-electron chi connectivity index (χ0n) is 10.4. The summed E-state index contributed by atoms with van der Waals surface area (Å²) in [5.41, 5.74) is 1.94. The molecule has 19 heavy (non-hydrogen) atoms. The maximum atomic E-state index is 11.9. The lowest BCUT2D eigenvalue weighted by Gasteiger charge is -2.02. The van der Waals surface area contributed by atoms with Crippen LogP contribution in [0.2, 0.25) is 0 Å². The Morgan fingerprint density at radius 1 is 1.05 bits per heavy atom. The fourth-order valence-corrected chi connectivity index (χ4v) is 2.39. The SMILES string of the molecule is Cc1cccc(C=NNS(=O)(=O)c2ccccc2)c1. The van der Waals surface area contributed by atoms with E-state index in [0.717, 1.165) is 11.1 Å². The first-order chi connectivity index (χ1) is 9.08. The first kappa shape index (κ1) is 13.3. The van der Waals surface area contributed by atoms with Crippen LogP contribution in [0.25, 0.3) is 0 Å². The van der Waals surface area contributed by atoms with Crippen molar-refractivity contribution in [2.24, 2.45) is 5.10 Å². The standard InChI is InChI=1S/C14H14N2O2S/c1-12-6-5-7-13(10-12)11-15-16-19(17,18)14-8-3-2-4-9-14/h2-11,16H,1H3. The molecule has 0 atom stereocenters. The molecule has 2 aromatic rings. The Labute approximate surface area is 112 Å². The first-order valence-corrected chi connectivity index (χ1v) is 7.23. The van der Waals surface area contributed by atoms with Crippen molar-refractivity contribution in [3.05, 3.63) is 65.7 Å². The minimum Gasteiger partial charge on any atom is -0.200 e.